The van der Waals surface area contributed by atoms with Gasteiger partial charge in [0.1, 0.15) is 0 Å². The fourth-order valence-corrected chi connectivity index (χ4v) is 0. The predicted octanol–water partition coefficient (Wildman–Crippen LogP) is -18.4. The molecule has 0 fully saturated rings. The maximum Gasteiger partial charge on any atom is 1.00 e. The molecule has 16 heavy (non-hydrogen) atoms. The van der Waals surface area contributed by atoms with E-state index in [9.17, 15) is 0 Å². The zero-order valence-corrected chi connectivity index (χ0v) is 19.3. The second-order valence-electron chi connectivity index (χ2n) is 0.447. The van der Waals surface area contributed by atoms with E-state index >= 15 is 0 Å². The average molecular weight is 356 g/mol. The van der Waals surface area contributed by atoms with Gasteiger partial charge in [0.05, 0.1) is 0 Å². The molecule has 0 rings (SSSR count). The van der Waals surface area contributed by atoms with Gasteiger partial charge in [-0.05, 0) is 0 Å². The van der Waals surface area contributed by atoms with Crippen molar-refractivity contribution in [1.29, 1.82) is 0 Å². The number of phosphoric acid groups is 1. The molecule has 0 radical (unpaired) electrons. The topological polar surface area (TPSA) is 338 Å². The van der Waals surface area contributed by atoms with E-state index in [1.165, 1.54) is 0 Å². The smallest absolute Gasteiger partial charge is 0.822 e. The van der Waals surface area contributed by atoms with E-state index in [0.717, 1.165) is 0 Å². The summed E-state index contributed by atoms with van der Waals surface area (Å²) in [5.74, 6) is 0. The minimum absolute atomic E-state index is 0. The van der Waals surface area contributed by atoms with Crippen molar-refractivity contribution in [3.8, 4) is 0 Å². The summed E-state index contributed by atoms with van der Waals surface area (Å²) in [6.45, 7) is 0. The van der Waals surface area contributed by atoms with E-state index in [4.69, 9.17) is 19.2 Å². The molecule has 0 aromatic rings. The van der Waals surface area contributed by atoms with Crippen LogP contribution in [0, 0.1) is 0 Å². The van der Waals surface area contributed by atoms with E-state index in [2.05, 4.69) is 0 Å². The first-order valence-corrected chi connectivity index (χ1v) is 2.19. The first-order chi connectivity index (χ1) is 2.00. The summed E-state index contributed by atoms with van der Waals surface area (Å²) >= 11 is 0. The second-order valence-corrected chi connectivity index (χ2v) is 1.34. The Morgan fingerprint density at radius 2 is 0.500 bits per heavy atom. The first-order valence-electron chi connectivity index (χ1n) is 0.730. The molecule has 0 aliphatic rings. The Bertz CT molecular complexity index is 62.4. The van der Waals surface area contributed by atoms with Gasteiger partial charge in [0, 0.05) is 0 Å². The Kier molecular flexibility index (Phi) is 399. The summed E-state index contributed by atoms with van der Waals surface area (Å²) in [5, 5.41) is 0. The van der Waals surface area contributed by atoms with Gasteiger partial charge in [0.2, 0.25) is 0 Å². The van der Waals surface area contributed by atoms with Gasteiger partial charge in [0.15, 0.2) is 0 Å². The van der Waals surface area contributed by atoms with Crippen molar-refractivity contribution in [3.63, 3.8) is 0 Å². The maximum atomic E-state index is 8.55. The van der Waals surface area contributed by atoms with Crippen LogP contribution in [-0.2, 0) is 4.57 Å². The van der Waals surface area contributed by atoms with E-state index in [1.807, 2.05) is 0 Å². The van der Waals surface area contributed by atoms with Crippen molar-refractivity contribution in [1.82, 2.24) is 0 Å². The Morgan fingerprint density at radius 3 is 0.500 bits per heavy atom. The minimum atomic E-state index is -5.39. The van der Waals surface area contributed by atoms with E-state index in [1.54, 1.807) is 0 Å². The summed E-state index contributed by atoms with van der Waals surface area (Å²) in [6.07, 6.45) is 0. The zero-order chi connectivity index (χ0) is 4.50. The van der Waals surface area contributed by atoms with Gasteiger partial charge in [-0.15, -0.1) is 0 Å². The fraction of sp³-hybridized carbons (Fsp3) is 0. The molecule has 16 heteroatoms. The third-order valence-corrected chi connectivity index (χ3v) is 0. The van der Waals surface area contributed by atoms with Gasteiger partial charge in [-0.2, -0.15) is 7.82 Å². The van der Waals surface area contributed by atoms with Crippen LogP contribution < -0.4 is 169 Å². The molecule has 0 atom stereocenters. The van der Waals surface area contributed by atoms with Crippen LogP contribution in [0.1, 0.15) is 0 Å². The third-order valence-electron chi connectivity index (χ3n) is 0. The Hall–Kier alpha value is 4.70. The van der Waals surface area contributed by atoms with Crippen LogP contribution in [0.4, 0.5) is 0 Å². The van der Waals surface area contributed by atoms with Crippen LogP contribution in [0.2, 0.25) is 0 Å². The molecule has 0 heterocycles. The second kappa shape index (κ2) is 60.2. The normalized spacial score (nSPS) is 3.69. The predicted molar refractivity (Wildman–Crippen MR) is 36.5 cm³/mol. The molecule has 0 spiro atoms. The van der Waals surface area contributed by atoms with Crippen LogP contribution in [0.5, 0.6) is 0 Å². The van der Waals surface area contributed by atoms with Gasteiger partial charge < -0.3 is 63.1 Å². The van der Waals surface area contributed by atoms with Gasteiger partial charge >= 0.3 is 154 Å². The molecule has 0 aliphatic carbocycles. The van der Waals surface area contributed by atoms with E-state index < -0.39 is 7.82 Å². The molecule has 16 N–H and O–H groups in total. The van der Waals surface area contributed by atoms with E-state index in [0.29, 0.717) is 0 Å². The SMILES string of the molecule is O.O.O.O.O.O.O.O.O=P([O-])([O-])[O-].[K+].[K+].[K+]. The molecule has 0 saturated heterocycles. The zero-order valence-electron chi connectivity index (χ0n) is 9.08. The molecule has 0 saturated carbocycles. The molecular weight excluding hydrogens is 340 g/mol. The van der Waals surface area contributed by atoms with Crippen molar-refractivity contribution in [2.24, 2.45) is 0 Å². The monoisotopic (exact) mass is 356 g/mol. The Labute approximate surface area is 219 Å². The summed E-state index contributed by atoms with van der Waals surface area (Å²) in [5.41, 5.74) is 0. The molecule has 0 aromatic heterocycles. The average Bonchev–Trinajstić information content (AvgIpc) is 0.722. The summed E-state index contributed by atoms with van der Waals surface area (Å²) < 4.78 is 8.55. The van der Waals surface area contributed by atoms with Crippen molar-refractivity contribution in [2.45, 2.75) is 0 Å². The molecule has 96 valence electrons. The fourth-order valence-electron chi connectivity index (χ4n) is 0. The summed E-state index contributed by atoms with van der Waals surface area (Å²) in [6, 6.07) is 0. The van der Waals surface area contributed by atoms with Crippen molar-refractivity contribution in [2.75, 3.05) is 0 Å². The van der Waals surface area contributed by atoms with Crippen LogP contribution in [0.3, 0.4) is 0 Å². The van der Waals surface area contributed by atoms with Gasteiger partial charge in [-0.3, -0.25) is 0 Å². The molecule has 0 aliphatic heterocycles. The molecule has 12 nitrogen and oxygen atoms in total. The molecule has 0 unspecified atom stereocenters. The van der Waals surface area contributed by atoms with Gasteiger partial charge in [-0.1, -0.05) is 0 Å². The van der Waals surface area contributed by atoms with Crippen molar-refractivity contribution in [3.05, 3.63) is 0 Å². The van der Waals surface area contributed by atoms with E-state index in [-0.39, 0.29) is 198 Å². The number of hydrogen-bond donors (Lipinski definition) is 0. The maximum absolute atomic E-state index is 8.55. The number of rotatable bonds is 0. The Morgan fingerprint density at radius 1 is 0.500 bits per heavy atom. The van der Waals surface area contributed by atoms with Crippen LogP contribution in [0.15, 0.2) is 0 Å². The van der Waals surface area contributed by atoms with Crippen LogP contribution >= 0.6 is 7.82 Å². The first kappa shape index (κ1) is 106. The van der Waals surface area contributed by atoms with Gasteiger partial charge in [0.25, 0.3) is 0 Å². The molecule has 0 bridgehead atoms. The molecular formula is H16K3O12P. The van der Waals surface area contributed by atoms with Crippen molar-refractivity contribution >= 4 is 7.82 Å². The Balaban J connectivity index is -0.00000000145. The number of hydrogen-bond acceptors (Lipinski definition) is 4. The molecule has 0 aromatic carbocycles. The minimum Gasteiger partial charge on any atom is -0.822 e. The standard InChI is InChI=1S/3K.H3O4P.8H2O/c;;;1-5(2,3)4;;;;;;;;/h;;;(H3,1,2,3,4);8*1H2/q3*+1;;;;;;;;;/p-3. The quantitative estimate of drug-likeness (QED) is 0.301. The summed E-state index contributed by atoms with van der Waals surface area (Å²) in [7, 11) is -5.39. The molecule has 0 amide bonds. The third kappa shape index (κ3) is 265. The van der Waals surface area contributed by atoms with Gasteiger partial charge in [-0.25, -0.2) is 0 Å². The van der Waals surface area contributed by atoms with Crippen LogP contribution in [0.25, 0.3) is 0 Å². The largest absolute Gasteiger partial charge is 1.00 e. The van der Waals surface area contributed by atoms with Crippen molar-refractivity contribution < 1.29 is 217 Å². The summed E-state index contributed by atoms with van der Waals surface area (Å²) in [4.78, 5) is 25.6. The van der Waals surface area contributed by atoms with Crippen LogP contribution in [-0.4, -0.2) is 43.8 Å².